The monoisotopic (exact) mass is 239 g/mol. The van der Waals surface area contributed by atoms with Crippen molar-refractivity contribution in [1.82, 2.24) is 4.90 Å². The van der Waals surface area contributed by atoms with Crippen molar-refractivity contribution in [1.29, 1.82) is 0 Å². The molecule has 1 fully saturated rings. The molecule has 1 aliphatic rings. The minimum Gasteiger partial charge on any atom is -0.481 e. The van der Waals surface area contributed by atoms with E-state index in [9.17, 15) is 4.79 Å². The lowest BCUT2D eigenvalue weighted by Crippen LogP contribution is -2.50. The summed E-state index contributed by atoms with van der Waals surface area (Å²) in [5, 5.41) is 9.12. The Bertz CT molecular complexity index is 280. The molecule has 0 heterocycles. The Hall–Kier alpha value is -0.830. The molecular formula is C14H25NO2. The smallest absolute Gasteiger partial charge is 0.305 e. The van der Waals surface area contributed by atoms with Crippen molar-refractivity contribution < 1.29 is 9.90 Å². The molecule has 1 rings (SSSR count). The van der Waals surface area contributed by atoms with E-state index in [0.29, 0.717) is 0 Å². The minimum atomic E-state index is -0.680. The zero-order chi connectivity index (χ0) is 12.9. The molecule has 0 bridgehead atoms. The molecule has 17 heavy (non-hydrogen) atoms. The van der Waals surface area contributed by atoms with Crippen molar-refractivity contribution in [3.8, 4) is 0 Å². The number of hydrogen-bond acceptors (Lipinski definition) is 2. The summed E-state index contributed by atoms with van der Waals surface area (Å²) in [5.41, 5.74) is 1.05. The number of carboxylic acid groups (broad SMARTS) is 1. The maximum Gasteiger partial charge on any atom is 0.305 e. The summed E-state index contributed by atoms with van der Waals surface area (Å²) < 4.78 is 0. The Labute approximate surface area is 105 Å². The van der Waals surface area contributed by atoms with Crippen LogP contribution in [0.25, 0.3) is 0 Å². The molecule has 0 aromatic rings. The highest BCUT2D eigenvalue weighted by molar-refractivity contribution is 5.68. The van der Waals surface area contributed by atoms with Gasteiger partial charge in [0.05, 0.1) is 6.42 Å². The second kappa shape index (κ2) is 6.20. The lowest BCUT2D eigenvalue weighted by atomic mass is 9.78. The maximum atomic E-state index is 11.1. The summed E-state index contributed by atoms with van der Waals surface area (Å²) in [6.07, 6.45) is 6.78. The highest BCUT2D eigenvalue weighted by Gasteiger charge is 2.37. The van der Waals surface area contributed by atoms with E-state index in [1.54, 1.807) is 0 Å². The van der Waals surface area contributed by atoms with Crippen molar-refractivity contribution in [3.05, 3.63) is 12.2 Å². The van der Waals surface area contributed by atoms with Crippen LogP contribution < -0.4 is 0 Å². The van der Waals surface area contributed by atoms with E-state index in [-0.39, 0.29) is 12.0 Å². The molecular weight excluding hydrogens is 214 g/mol. The average Bonchev–Trinajstić information content (AvgIpc) is 2.29. The van der Waals surface area contributed by atoms with Crippen LogP contribution in [0.1, 0.15) is 51.9 Å². The first-order valence-electron chi connectivity index (χ1n) is 6.60. The van der Waals surface area contributed by atoms with Crippen LogP contribution in [-0.2, 0) is 4.79 Å². The van der Waals surface area contributed by atoms with Crippen LogP contribution in [0.2, 0.25) is 0 Å². The summed E-state index contributed by atoms with van der Waals surface area (Å²) in [4.78, 5) is 13.3. The molecule has 3 nitrogen and oxygen atoms in total. The van der Waals surface area contributed by atoms with Crippen molar-refractivity contribution >= 4 is 5.97 Å². The second-order valence-electron chi connectivity index (χ2n) is 5.32. The second-order valence-corrected chi connectivity index (χ2v) is 5.32. The van der Waals surface area contributed by atoms with Crippen LogP contribution in [-0.4, -0.2) is 35.1 Å². The summed E-state index contributed by atoms with van der Waals surface area (Å²) in [7, 11) is 2.05. The van der Waals surface area contributed by atoms with Gasteiger partial charge in [-0.25, -0.2) is 0 Å². The number of likely N-dealkylation sites (N-methyl/N-ethyl adjacent to an activating group) is 1. The molecule has 0 radical (unpaired) electrons. The number of hydrogen-bond donors (Lipinski definition) is 1. The Morgan fingerprint density at radius 1 is 1.35 bits per heavy atom. The number of rotatable bonds is 6. The standard InChI is InChI=1S/C14H25NO2/c1-4-12(2)11-15(3)14(10-13(16)17)8-6-5-7-9-14/h2,4-11H2,1,3H3,(H,16,17). The third-order valence-electron chi connectivity index (χ3n) is 4.04. The number of aliphatic carboxylic acids is 1. The molecule has 0 atom stereocenters. The van der Waals surface area contributed by atoms with Crippen LogP contribution in [0.3, 0.4) is 0 Å². The Morgan fingerprint density at radius 2 is 1.94 bits per heavy atom. The van der Waals surface area contributed by atoms with E-state index in [2.05, 4.69) is 25.5 Å². The Balaban J connectivity index is 2.73. The largest absolute Gasteiger partial charge is 0.481 e. The number of carboxylic acids is 1. The number of nitrogens with zero attached hydrogens (tertiary/aromatic N) is 1. The van der Waals surface area contributed by atoms with Crippen molar-refractivity contribution in [2.75, 3.05) is 13.6 Å². The summed E-state index contributed by atoms with van der Waals surface area (Å²) in [6.45, 7) is 6.95. The Kier molecular flexibility index (Phi) is 5.19. The first kappa shape index (κ1) is 14.2. The summed E-state index contributed by atoms with van der Waals surface area (Å²) in [6, 6.07) is 0. The van der Waals surface area contributed by atoms with Crippen LogP contribution in [0.15, 0.2) is 12.2 Å². The summed E-state index contributed by atoms with van der Waals surface area (Å²) in [5.74, 6) is -0.680. The van der Waals surface area contributed by atoms with Crippen molar-refractivity contribution in [3.63, 3.8) is 0 Å². The molecule has 0 aliphatic heterocycles. The lowest BCUT2D eigenvalue weighted by molar-refractivity contribution is -0.141. The quantitative estimate of drug-likeness (QED) is 0.724. The fourth-order valence-electron chi connectivity index (χ4n) is 2.80. The zero-order valence-corrected chi connectivity index (χ0v) is 11.2. The molecule has 0 aromatic heterocycles. The number of carbonyl (C=O) groups is 1. The van der Waals surface area contributed by atoms with Gasteiger partial charge < -0.3 is 5.11 Å². The van der Waals surface area contributed by atoms with Gasteiger partial charge in [0.15, 0.2) is 0 Å². The molecule has 98 valence electrons. The van der Waals surface area contributed by atoms with E-state index in [1.807, 2.05) is 0 Å². The average molecular weight is 239 g/mol. The summed E-state index contributed by atoms with van der Waals surface area (Å²) >= 11 is 0. The van der Waals surface area contributed by atoms with Crippen molar-refractivity contribution in [2.24, 2.45) is 0 Å². The van der Waals surface area contributed by atoms with Gasteiger partial charge in [-0.1, -0.05) is 38.3 Å². The zero-order valence-electron chi connectivity index (χ0n) is 11.2. The van der Waals surface area contributed by atoms with Crippen LogP contribution in [0.5, 0.6) is 0 Å². The van der Waals surface area contributed by atoms with Crippen LogP contribution in [0.4, 0.5) is 0 Å². The predicted molar refractivity (Wildman–Crippen MR) is 70.1 cm³/mol. The van der Waals surface area contributed by atoms with E-state index in [0.717, 1.165) is 38.6 Å². The van der Waals surface area contributed by atoms with Gasteiger partial charge in [0.1, 0.15) is 0 Å². The van der Waals surface area contributed by atoms with Crippen molar-refractivity contribution in [2.45, 2.75) is 57.4 Å². The van der Waals surface area contributed by atoms with Gasteiger partial charge in [-0.05, 0) is 26.3 Å². The molecule has 3 heteroatoms. The van der Waals surface area contributed by atoms with Gasteiger partial charge in [0.2, 0.25) is 0 Å². The molecule has 0 spiro atoms. The first-order chi connectivity index (χ1) is 8.00. The van der Waals surface area contributed by atoms with E-state index in [4.69, 9.17) is 5.11 Å². The fraction of sp³-hybridized carbons (Fsp3) is 0.786. The van der Waals surface area contributed by atoms with E-state index in [1.165, 1.54) is 12.0 Å². The highest BCUT2D eigenvalue weighted by Crippen LogP contribution is 2.36. The van der Waals surface area contributed by atoms with Gasteiger partial charge in [-0.3, -0.25) is 9.69 Å². The molecule has 0 unspecified atom stereocenters. The SMILES string of the molecule is C=C(CC)CN(C)C1(CC(=O)O)CCCCC1. The predicted octanol–water partition coefficient (Wildman–Crippen LogP) is 3.06. The van der Waals surface area contributed by atoms with Gasteiger partial charge in [-0.2, -0.15) is 0 Å². The molecule has 1 saturated carbocycles. The van der Waals surface area contributed by atoms with Gasteiger partial charge >= 0.3 is 5.97 Å². The van der Waals surface area contributed by atoms with Crippen LogP contribution in [0, 0.1) is 0 Å². The molecule has 1 aliphatic carbocycles. The molecule has 1 N–H and O–H groups in total. The fourth-order valence-corrected chi connectivity index (χ4v) is 2.80. The van der Waals surface area contributed by atoms with Gasteiger partial charge in [-0.15, -0.1) is 0 Å². The Morgan fingerprint density at radius 3 is 2.41 bits per heavy atom. The minimum absolute atomic E-state index is 0.137. The van der Waals surface area contributed by atoms with E-state index >= 15 is 0 Å². The first-order valence-corrected chi connectivity index (χ1v) is 6.60. The van der Waals surface area contributed by atoms with E-state index < -0.39 is 5.97 Å². The van der Waals surface area contributed by atoms with Gasteiger partial charge in [0.25, 0.3) is 0 Å². The molecule has 0 aromatic carbocycles. The van der Waals surface area contributed by atoms with Gasteiger partial charge in [0, 0.05) is 12.1 Å². The third-order valence-corrected chi connectivity index (χ3v) is 4.04. The normalized spacial score (nSPS) is 19.2. The van der Waals surface area contributed by atoms with Crippen LogP contribution >= 0.6 is 0 Å². The highest BCUT2D eigenvalue weighted by atomic mass is 16.4. The third kappa shape index (κ3) is 3.84. The molecule has 0 amide bonds. The lowest BCUT2D eigenvalue weighted by Gasteiger charge is -2.44. The molecule has 0 saturated heterocycles. The topological polar surface area (TPSA) is 40.5 Å². The maximum absolute atomic E-state index is 11.1.